The largest absolute Gasteiger partial charge is 0.383 e. The van der Waals surface area contributed by atoms with E-state index in [1.165, 1.54) is 32.5 Å². The van der Waals surface area contributed by atoms with Crippen molar-refractivity contribution in [2.24, 2.45) is 5.92 Å². The van der Waals surface area contributed by atoms with Gasteiger partial charge in [-0.15, -0.1) is 0 Å². The molecule has 0 aromatic rings. The van der Waals surface area contributed by atoms with E-state index in [0.29, 0.717) is 19.7 Å². The third kappa shape index (κ3) is 6.30. The number of methoxy groups -OCH3 is 1. The maximum Gasteiger partial charge on any atom is 0.234 e. The second-order valence-electron chi connectivity index (χ2n) is 6.11. The number of hydrogen-bond acceptors (Lipinski definition) is 5. The van der Waals surface area contributed by atoms with Gasteiger partial charge in [0.1, 0.15) is 0 Å². The lowest BCUT2D eigenvalue weighted by atomic mass is 9.97. The van der Waals surface area contributed by atoms with Crippen molar-refractivity contribution in [2.75, 3.05) is 72.6 Å². The molecule has 2 saturated heterocycles. The van der Waals surface area contributed by atoms with Crippen LogP contribution < -0.4 is 10.6 Å². The van der Waals surface area contributed by atoms with Gasteiger partial charge >= 0.3 is 0 Å². The lowest BCUT2D eigenvalue weighted by Gasteiger charge is -2.37. The average molecular weight is 298 g/mol. The van der Waals surface area contributed by atoms with E-state index in [1.807, 2.05) is 0 Å². The van der Waals surface area contributed by atoms with E-state index in [1.54, 1.807) is 7.11 Å². The molecular weight excluding hydrogens is 268 g/mol. The molecule has 2 fully saturated rings. The van der Waals surface area contributed by atoms with Crippen molar-refractivity contribution in [3.8, 4) is 0 Å². The van der Waals surface area contributed by atoms with E-state index in [0.717, 1.165) is 32.1 Å². The Bertz CT molecular complexity index is 300. The summed E-state index contributed by atoms with van der Waals surface area (Å²) in [7, 11) is 1.65. The quantitative estimate of drug-likeness (QED) is 0.613. The van der Waals surface area contributed by atoms with Gasteiger partial charge in [-0.25, -0.2) is 0 Å². The van der Waals surface area contributed by atoms with Gasteiger partial charge in [-0.3, -0.25) is 9.69 Å². The number of carbonyl (C=O) groups is 1. The molecule has 0 aromatic heterocycles. The Morgan fingerprint density at radius 3 is 2.52 bits per heavy atom. The van der Waals surface area contributed by atoms with Gasteiger partial charge in [-0.2, -0.15) is 0 Å². The minimum atomic E-state index is 0.110. The zero-order valence-corrected chi connectivity index (χ0v) is 13.3. The summed E-state index contributed by atoms with van der Waals surface area (Å²) >= 11 is 0. The van der Waals surface area contributed by atoms with Gasteiger partial charge < -0.3 is 20.3 Å². The Morgan fingerprint density at radius 1 is 1.19 bits per heavy atom. The van der Waals surface area contributed by atoms with Crippen LogP contribution in [0, 0.1) is 5.92 Å². The fourth-order valence-electron chi connectivity index (χ4n) is 3.11. The Morgan fingerprint density at radius 2 is 1.86 bits per heavy atom. The number of nitrogens with zero attached hydrogens (tertiary/aromatic N) is 2. The number of nitrogens with one attached hydrogen (secondary N) is 2. The highest BCUT2D eigenvalue weighted by Gasteiger charge is 2.22. The summed E-state index contributed by atoms with van der Waals surface area (Å²) in [5, 5.41) is 6.30. The van der Waals surface area contributed by atoms with Crippen LogP contribution in [0.25, 0.3) is 0 Å². The van der Waals surface area contributed by atoms with E-state index < -0.39 is 0 Å². The Balaban J connectivity index is 1.58. The summed E-state index contributed by atoms with van der Waals surface area (Å²) in [6.07, 6.45) is 2.62. The Hall–Kier alpha value is -0.690. The summed E-state index contributed by atoms with van der Waals surface area (Å²) in [6.45, 7) is 9.47. The third-order valence-corrected chi connectivity index (χ3v) is 4.44. The fraction of sp³-hybridized carbons (Fsp3) is 0.933. The van der Waals surface area contributed by atoms with Gasteiger partial charge in [0.15, 0.2) is 0 Å². The highest BCUT2D eigenvalue weighted by Crippen LogP contribution is 2.14. The van der Waals surface area contributed by atoms with Gasteiger partial charge in [0.2, 0.25) is 5.91 Å². The molecule has 122 valence electrons. The maximum atomic E-state index is 11.8. The van der Waals surface area contributed by atoms with Crippen LogP contribution in [0.4, 0.5) is 0 Å². The van der Waals surface area contributed by atoms with Gasteiger partial charge in [-0.1, -0.05) is 0 Å². The summed E-state index contributed by atoms with van der Waals surface area (Å²) in [5.74, 6) is 0.967. The van der Waals surface area contributed by atoms with Crippen molar-refractivity contribution in [1.29, 1.82) is 0 Å². The zero-order chi connectivity index (χ0) is 14.9. The number of piperazine rings is 1. The van der Waals surface area contributed by atoms with E-state index in [4.69, 9.17) is 4.74 Å². The molecule has 0 aromatic carbocycles. The van der Waals surface area contributed by atoms with Crippen molar-refractivity contribution >= 4 is 5.91 Å². The van der Waals surface area contributed by atoms with Crippen molar-refractivity contribution in [3.63, 3.8) is 0 Å². The van der Waals surface area contributed by atoms with Crippen LogP contribution >= 0.6 is 0 Å². The second kappa shape index (κ2) is 9.35. The molecule has 0 aliphatic carbocycles. The predicted octanol–water partition coefficient (Wildman–Crippen LogP) is -0.634. The first-order chi connectivity index (χ1) is 10.3. The van der Waals surface area contributed by atoms with Crippen LogP contribution in [-0.2, 0) is 9.53 Å². The highest BCUT2D eigenvalue weighted by molar-refractivity contribution is 5.77. The average Bonchev–Trinajstić information content (AvgIpc) is 2.51. The molecule has 2 rings (SSSR count). The van der Waals surface area contributed by atoms with E-state index >= 15 is 0 Å². The number of hydrogen-bond donors (Lipinski definition) is 2. The lowest BCUT2D eigenvalue weighted by molar-refractivity contribution is -0.122. The van der Waals surface area contributed by atoms with E-state index in [-0.39, 0.29) is 5.91 Å². The molecule has 0 saturated carbocycles. The van der Waals surface area contributed by atoms with Gasteiger partial charge in [0.05, 0.1) is 13.2 Å². The predicted molar refractivity (Wildman–Crippen MR) is 83.4 cm³/mol. The molecular formula is C15H30N4O2. The SMILES string of the molecule is COCCNC(=O)CN1CCN(CC2CCNCC2)CC1. The fourth-order valence-corrected chi connectivity index (χ4v) is 3.11. The molecule has 2 aliphatic rings. The first-order valence-electron chi connectivity index (χ1n) is 8.19. The molecule has 2 aliphatic heterocycles. The van der Waals surface area contributed by atoms with E-state index in [2.05, 4.69) is 20.4 Å². The van der Waals surface area contributed by atoms with Crippen LogP contribution in [-0.4, -0.2) is 88.3 Å². The van der Waals surface area contributed by atoms with Crippen LogP contribution in [0.2, 0.25) is 0 Å². The number of ether oxygens (including phenoxy) is 1. The van der Waals surface area contributed by atoms with Crippen LogP contribution in [0.3, 0.4) is 0 Å². The number of amides is 1. The van der Waals surface area contributed by atoms with Crippen LogP contribution in [0.5, 0.6) is 0 Å². The second-order valence-corrected chi connectivity index (χ2v) is 6.11. The minimum absolute atomic E-state index is 0.110. The molecule has 0 bridgehead atoms. The molecule has 2 N–H and O–H groups in total. The minimum Gasteiger partial charge on any atom is -0.383 e. The third-order valence-electron chi connectivity index (χ3n) is 4.44. The number of piperidine rings is 1. The summed E-state index contributed by atoms with van der Waals surface area (Å²) in [4.78, 5) is 16.6. The topological polar surface area (TPSA) is 56.8 Å². The van der Waals surface area contributed by atoms with Gasteiger partial charge in [-0.05, 0) is 31.8 Å². The molecule has 0 atom stereocenters. The molecule has 0 radical (unpaired) electrons. The molecule has 2 heterocycles. The van der Waals surface area contributed by atoms with Crippen LogP contribution in [0.1, 0.15) is 12.8 Å². The Kier molecular flexibility index (Phi) is 7.43. The smallest absolute Gasteiger partial charge is 0.234 e. The Labute approximate surface area is 128 Å². The lowest BCUT2D eigenvalue weighted by Crippen LogP contribution is -2.51. The van der Waals surface area contributed by atoms with Crippen molar-refractivity contribution < 1.29 is 9.53 Å². The van der Waals surface area contributed by atoms with Gasteiger partial charge in [0, 0.05) is 46.4 Å². The maximum absolute atomic E-state index is 11.8. The summed E-state index contributed by atoms with van der Waals surface area (Å²) in [5.41, 5.74) is 0. The highest BCUT2D eigenvalue weighted by atomic mass is 16.5. The van der Waals surface area contributed by atoms with Crippen molar-refractivity contribution in [3.05, 3.63) is 0 Å². The zero-order valence-electron chi connectivity index (χ0n) is 13.3. The number of rotatable bonds is 7. The molecule has 6 nitrogen and oxygen atoms in total. The summed E-state index contributed by atoms with van der Waals surface area (Å²) in [6, 6.07) is 0. The van der Waals surface area contributed by atoms with E-state index in [9.17, 15) is 4.79 Å². The first kappa shape index (κ1) is 16.7. The summed E-state index contributed by atoms with van der Waals surface area (Å²) < 4.78 is 4.93. The molecule has 21 heavy (non-hydrogen) atoms. The van der Waals surface area contributed by atoms with Crippen LogP contribution in [0.15, 0.2) is 0 Å². The standard InChI is InChI=1S/C15H30N4O2/c1-21-11-6-17-15(20)13-19-9-7-18(8-10-19)12-14-2-4-16-5-3-14/h14,16H,2-13H2,1H3,(H,17,20). The number of carbonyl (C=O) groups excluding carboxylic acids is 1. The molecule has 1 amide bonds. The van der Waals surface area contributed by atoms with Crippen molar-refractivity contribution in [2.45, 2.75) is 12.8 Å². The molecule has 6 heteroatoms. The van der Waals surface area contributed by atoms with Gasteiger partial charge in [0.25, 0.3) is 0 Å². The molecule has 0 spiro atoms. The van der Waals surface area contributed by atoms with Crippen molar-refractivity contribution in [1.82, 2.24) is 20.4 Å². The normalized spacial score (nSPS) is 22.3. The monoisotopic (exact) mass is 298 g/mol. The molecule has 0 unspecified atom stereocenters. The first-order valence-corrected chi connectivity index (χ1v) is 8.19.